The third kappa shape index (κ3) is 3.06. The zero-order chi connectivity index (χ0) is 11.5. The highest BCUT2D eigenvalue weighted by Gasteiger charge is 2.32. The van der Waals surface area contributed by atoms with Crippen LogP contribution in [0, 0.1) is 5.92 Å². The maximum atomic E-state index is 9.11. The predicted octanol–water partition coefficient (Wildman–Crippen LogP) is 2.87. The van der Waals surface area contributed by atoms with E-state index in [2.05, 4.69) is 45.5 Å². The number of nitrogens with one attached hydrogen (secondary N) is 1. The van der Waals surface area contributed by atoms with Gasteiger partial charge in [-0.3, -0.25) is 0 Å². The number of hydrogen-bond acceptors (Lipinski definition) is 2. The van der Waals surface area contributed by atoms with Gasteiger partial charge in [0.1, 0.15) is 0 Å². The standard InChI is InChI=1S/C13H18BrNO/c1-9(8-16)15-13(10-2-3-10)11-4-6-12(14)7-5-11/h4-7,9-10,13,15-16H,2-3,8H2,1H3/t9-,13?/m0/s1. The molecular formula is C13H18BrNO. The zero-order valence-electron chi connectivity index (χ0n) is 9.49. The molecule has 1 aliphatic carbocycles. The van der Waals surface area contributed by atoms with Gasteiger partial charge in [-0.05, 0) is 43.4 Å². The Kier molecular flexibility index (Phi) is 4.00. The predicted molar refractivity (Wildman–Crippen MR) is 69.3 cm³/mol. The van der Waals surface area contributed by atoms with Crippen LogP contribution in [0.3, 0.4) is 0 Å². The molecule has 0 bridgehead atoms. The van der Waals surface area contributed by atoms with Crippen molar-refractivity contribution in [3.8, 4) is 0 Å². The Balaban J connectivity index is 2.09. The van der Waals surface area contributed by atoms with E-state index in [1.54, 1.807) is 0 Å². The lowest BCUT2D eigenvalue weighted by molar-refractivity contribution is 0.236. The molecule has 1 aromatic carbocycles. The summed E-state index contributed by atoms with van der Waals surface area (Å²) in [6.45, 7) is 2.22. The van der Waals surface area contributed by atoms with Crippen LogP contribution in [-0.2, 0) is 0 Å². The van der Waals surface area contributed by atoms with Gasteiger partial charge in [-0.1, -0.05) is 28.1 Å². The van der Waals surface area contributed by atoms with E-state index in [1.165, 1.54) is 18.4 Å². The van der Waals surface area contributed by atoms with Crippen LogP contribution >= 0.6 is 15.9 Å². The van der Waals surface area contributed by atoms with E-state index < -0.39 is 0 Å². The van der Waals surface area contributed by atoms with Crippen molar-refractivity contribution in [2.45, 2.75) is 31.8 Å². The molecule has 0 radical (unpaired) electrons. The quantitative estimate of drug-likeness (QED) is 0.871. The van der Waals surface area contributed by atoms with Crippen molar-refractivity contribution in [1.82, 2.24) is 5.32 Å². The number of benzene rings is 1. The molecule has 2 rings (SSSR count). The SMILES string of the molecule is C[C@@H](CO)NC(c1ccc(Br)cc1)C1CC1. The fraction of sp³-hybridized carbons (Fsp3) is 0.538. The van der Waals surface area contributed by atoms with Gasteiger partial charge in [0.25, 0.3) is 0 Å². The molecule has 0 heterocycles. The molecule has 2 N–H and O–H groups in total. The Labute approximate surface area is 105 Å². The summed E-state index contributed by atoms with van der Waals surface area (Å²) in [6.07, 6.45) is 2.59. The van der Waals surface area contributed by atoms with Gasteiger partial charge in [-0.25, -0.2) is 0 Å². The average molecular weight is 284 g/mol. The van der Waals surface area contributed by atoms with Crippen molar-refractivity contribution in [3.05, 3.63) is 34.3 Å². The van der Waals surface area contributed by atoms with Gasteiger partial charge < -0.3 is 10.4 Å². The minimum Gasteiger partial charge on any atom is -0.395 e. The van der Waals surface area contributed by atoms with E-state index in [0.717, 1.165) is 10.4 Å². The van der Waals surface area contributed by atoms with Crippen molar-refractivity contribution < 1.29 is 5.11 Å². The molecule has 1 aromatic rings. The Morgan fingerprint density at radius 2 is 2.00 bits per heavy atom. The van der Waals surface area contributed by atoms with Gasteiger partial charge in [-0.2, -0.15) is 0 Å². The number of hydrogen-bond donors (Lipinski definition) is 2. The lowest BCUT2D eigenvalue weighted by atomic mass is 10.0. The summed E-state index contributed by atoms with van der Waals surface area (Å²) in [4.78, 5) is 0. The fourth-order valence-corrected chi connectivity index (χ4v) is 2.23. The smallest absolute Gasteiger partial charge is 0.0582 e. The van der Waals surface area contributed by atoms with Gasteiger partial charge in [0, 0.05) is 16.6 Å². The molecule has 88 valence electrons. The summed E-state index contributed by atoms with van der Waals surface area (Å²) < 4.78 is 1.11. The van der Waals surface area contributed by atoms with Crippen LogP contribution < -0.4 is 5.32 Å². The second kappa shape index (κ2) is 5.30. The van der Waals surface area contributed by atoms with Crippen LogP contribution in [0.5, 0.6) is 0 Å². The molecule has 0 amide bonds. The normalized spacial score (nSPS) is 19.4. The largest absolute Gasteiger partial charge is 0.395 e. The second-order valence-electron chi connectivity index (χ2n) is 4.62. The number of halogens is 1. The summed E-state index contributed by atoms with van der Waals surface area (Å²) in [7, 11) is 0. The summed E-state index contributed by atoms with van der Waals surface area (Å²) in [5.74, 6) is 0.746. The highest BCUT2D eigenvalue weighted by atomic mass is 79.9. The highest BCUT2D eigenvalue weighted by Crippen LogP contribution is 2.41. The third-order valence-corrected chi connectivity index (χ3v) is 3.59. The number of aliphatic hydroxyl groups excluding tert-OH is 1. The van der Waals surface area contributed by atoms with E-state index in [-0.39, 0.29) is 12.6 Å². The minimum absolute atomic E-state index is 0.161. The monoisotopic (exact) mass is 283 g/mol. The van der Waals surface area contributed by atoms with E-state index in [4.69, 9.17) is 5.11 Å². The molecular weight excluding hydrogens is 266 g/mol. The fourth-order valence-electron chi connectivity index (χ4n) is 1.96. The van der Waals surface area contributed by atoms with Gasteiger partial charge in [-0.15, -0.1) is 0 Å². The minimum atomic E-state index is 0.161. The Hall–Kier alpha value is -0.380. The summed E-state index contributed by atoms with van der Waals surface area (Å²) in [6, 6.07) is 9.03. The third-order valence-electron chi connectivity index (χ3n) is 3.06. The summed E-state index contributed by atoms with van der Waals surface area (Å²) in [5.41, 5.74) is 1.33. The van der Waals surface area contributed by atoms with E-state index in [1.807, 2.05) is 6.92 Å². The van der Waals surface area contributed by atoms with Crippen molar-refractivity contribution in [3.63, 3.8) is 0 Å². The first-order valence-corrected chi connectivity index (χ1v) is 6.62. The molecule has 1 unspecified atom stereocenters. The maximum absolute atomic E-state index is 9.11. The molecule has 0 spiro atoms. The highest BCUT2D eigenvalue weighted by molar-refractivity contribution is 9.10. The van der Waals surface area contributed by atoms with Crippen molar-refractivity contribution in [2.75, 3.05) is 6.61 Å². The Morgan fingerprint density at radius 1 is 1.38 bits per heavy atom. The van der Waals surface area contributed by atoms with Gasteiger partial charge in [0.05, 0.1) is 6.61 Å². The molecule has 2 nitrogen and oxygen atoms in total. The number of rotatable bonds is 5. The van der Waals surface area contributed by atoms with Crippen LogP contribution in [0.1, 0.15) is 31.4 Å². The van der Waals surface area contributed by atoms with Crippen molar-refractivity contribution in [2.24, 2.45) is 5.92 Å². The first-order valence-electron chi connectivity index (χ1n) is 5.83. The molecule has 1 saturated carbocycles. The Bertz CT molecular complexity index is 334. The molecule has 0 saturated heterocycles. The topological polar surface area (TPSA) is 32.3 Å². The van der Waals surface area contributed by atoms with Crippen LogP contribution in [-0.4, -0.2) is 17.8 Å². The second-order valence-corrected chi connectivity index (χ2v) is 5.53. The average Bonchev–Trinajstić information content (AvgIpc) is 3.11. The van der Waals surface area contributed by atoms with Gasteiger partial charge in [0.2, 0.25) is 0 Å². The molecule has 3 heteroatoms. The first kappa shape index (κ1) is 12.1. The first-order chi connectivity index (χ1) is 7.70. The lowest BCUT2D eigenvalue weighted by Gasteiger charge is -2.22. The molecule has 0 aliphatic heterocycles. The van der Waals surface area contributed by atoms with E-state index in [0.29, 0.717) is 6.04 Å². The van der Waals surface area contributed by atoms with Crippen LogP contribution in [0.2, 0.25) is 0 Å². The summed E-state index contributed by atoms with van der Waals surface area (Å²) in [5, 5.41) is 12.6. The maximum Gasteiger partial charge on any atom is 0.0582 e. The lowest BCUT2D eigenvalue weighted by Crippen LogP contribution is -2.34. The molecule has 1 aliphatic rings. The van der Waals surface area contributed by atoms with Gasteiger partial charge >= 0.3 is 0 Å². The number of aliphatic hydroxyl groups is 1. The molecule has 16 heavy (non-hydrogen) atoms. The molecule has 2 atom stereocenters. The zero-order valence-corrected chi connectivity index (χ0v) is 11.1. The van der Waals surface area contributed by atoms with E-state index in [9.17, 15) is 0 Å². The van der Waals surface area contributed by atoms with Crippen LogP contribution in [0.15, 0.2) is 28.7 Å². The molecule has 0 aromatic heterocycles. The van der Waals surface area contributed by atoms with Crippen LogP contribution in [0.25, 0.3) is 0 Å². The van der Waals surface area contributed by atoms with Gasteiger partial charge in [0.15, 0.2) is 0 Å². The molecule has 1 fully saturated rings. The van der Waals surface area contributed by atoms with Crippen LogP contribution in [0.4, 0.5) is 0 Å². The van der Waals surface area contributed by atoms with Crippen molar-refractivity contribution >= 4 is 15.9 Å². The van der Waals surface area contributed by atoms with Crippen molar-refractivity contribution in [1.29, 1.82) is 0 Å². The van der Waals surface area contributed by atoms with E-state index >= 15 is 0 Å². The Morgan fingerprint density at radius 3 is 2.50 bits per heavy atom. The summed E-state index contributed by atoms with van der Waals surface area (Å²) >= 11 is 3.45.